The molecule has 1 heterocycles. The van der Waals surface area contributed by atoms with Gasteiger partial charge in [-0.25, -0.2) is 13.1 Å². The molecule has 0 aliphatic carbocycles. The lowest BCUT2D eigenvalue weighted by atomic mass is 10.4. The molecule has 0 bridgehead atoms. The quantitative estimate of drug-likeness (QED) is 0.841. The lowest BCUT2D eigenvalue weighted by Gasteiger charge is -2.07. The summed E-state index contributed by atoms with van der Waals surface area (Å²) in [7, 11) is -2.13. The SMILES string of the molecule is CNCc1cc(S(=O)(=O)NCCC(F)(F)F)cs1. The number of nitrogens with one attached hydrogen (secondary N) is 2. The molecular formula is C9H13F3N2O2S2. The molecule has 1 aromatic rings. The zero-order valence-electron chi connectivity index (χ0n) is 9.54. The maximum Gasteiger partial charge on any atom is 0.390 e. The van der Waals surface area contributed by atoms with Crippen molar-refractivity contribution in [3.05, 3.63) is 16.3 Å². The van der Waals surface area contributed by atoms with Crippen LogP contribution in [0.15, 0.2) is 16.3 Å². The van der Waals surface area contributed by atoms with E-state index in [0.717, 1.165) is 4.88 Å². The normalized spacial score (nSPS) is 12.9. The van der Waals surface area contributed by atoms with Gasteiger partial charge < -0.3 is 5.32 Å². The van der Waals surface area contributed by atoms with Crippen LogP contribution in [0.5, 0.6) is 0 Å². The molecule has 1 aromatic heterocycles. The molecule has 9 heteroatoms. The number of thiophene rings is 1. The van der Waals surface area contributed by atoms with Gasteiger partial charge in [-0.3, -0.25) is 0 Å². The van der Waals surface area contributed by atoms with E-state index >= 15 is 0 Å². The minimum atomic E-state index is -4.37. The van der Waals surface area contributed by atoms with Crippen molar-refractivity contribution < 1.29 is 21.6 Å². The van der Waals surface area contributed by atoms with Crippen LogP contribution in [-0.2, 0) is 16.6 Å². The van der Waals surface area contributed by atoms with Crippen LogP contribution in [0.1, 0.15) is 11.3 Å². The summed E-state index contributed by atoms with van der Waals surface area (Å²) in [5.74, 6) is 0. The molecule has 18 heavy (non-hydrogen) atoms. The Morgan fingerprint density at radius 2 is 2.06 bits per heavy atom. The van der Waals surface area contributed by atoms with Gasteiger partial charge in [0.05, 0.1) is 11.3 Å². The number of hydrogen-bond donors (Lipinski definition) is 2. The summed E-state index contributed by atoms with van der Waals surface area (Å²) in [6, 6.07) is 1.44. The van der Waals surface area contributed by atoms with Crippen LogP contribution >= 0.6 is 11.3 Å². The summed E-state index contributed by atoms with van der Waals surface area (Å²) in [5, 5.41) is 4.26. The highest BCUT2D eigenvalue weighted by molar-refractivity contribution is 7.89. The van der Waals surface area contributed by atoms with Gasteiger partial charge in [-0.1, -0.05) is 0 Å². The van der Waals surface area contributed by atoms with Crippen molar-refractivity contribution in [3.8, 4) is 0 Å². The first-order chi connectivity index (χ1) is 8.24. The van der Waals surface area contributed by atoms with Gasteiger partial charge in [-0.05, 0) is 13.1 Å². The van der Waals surface area contributed by atoms with E-state index < -0.39 is 29.2 Å². The molecule has 0 amide bonds. The topological polar surface area (TPSA) is 58.2 Å². The van der Waals surface area contributed by atoms with E-state index in [0.29, 0.717) is 6.54 Å². The third kappa shape index (κ3) is 4.92. The zero-order valence-corrected chi connectivity index (χ0v) is 11.2. The van der Waals surface area contributed by atoms with E-state index in [1.165, 1.54) is 22.8 Å². The molecule has 4 nitrogen and oxygen atoms in total. The largest absolute Gasteiger partial charge is 0.390 e. The Morgan fingerprint density at radius 1 is 1.39 bits per heavy atom. The second kappa shape index (κ2) is 6.00. The van der Waals surface area contributed by atoms with Crippen molar-refractivity contribution in [2.24, 2.45) is 0 Å². The minimum absolute atomic E-state index is 0.0000699. The van der Waals surface area contributed by atoms with Crippen LogP contribution in [0.25, 0.3) is 0 Å². The van der Waals surface area contributed by atoms with Crippen LogP contribution in [-0.4, -0.2) is 28.2 Å². The second-order valence-electron chi connectivity index (χ2n) is 3.54. The van der Waals surface area contributed by atoms with Crippen molar-refractivity contribution in [2.45, 2.75) is 24.0 Å². The number of halogens is 3. The molecule has 0 radical (unpaired) electrons. The third-order valence-corrected chi connectivity index (χ3v) is 4.52. The van der Waals surface area contributed by atoms with Crippen LogP contribution in [0.3, 0.4) is 0 Å². The highest BCUT2D eigenvalue weighted by atomic mass is 32.2. The number of alkyl halides is 3. The molecule has 0 spiro atoms. The molecule has 0 atom stereocenters. The average molecular weight is 302 g/mol. The van der Waals surface area contributed by atoms with Crippen molar-refractivity contribution >= 4 is 21.4 Å². The van der Waals surface area contributed by atoms with E-state index in [4.69, 9.17) is 0 Å². The summed E-state index contributed by atoms with van der Waals surface area (Å²) < 4.78 is 60.9. The standard InChI is InChI=1S/C9H13F3N2O2S2/c1-13-5-7-4-8(6-17-7)18(15,16)14-3-2-9(10,11)12/h4,6,13-14H,2-3,5H2,1H3. The average Bonchev–Trinajstić information content (AvgIpc) is 2.65. The molecule has 0 aliphatic rings. The van der Waals surface area contributed by atoms with E-state index in [2.05, 4.69) is 5.32 Å². The molecule has 1 rings (SSSR count). The fourth-order valence-corrected chi connectivity index (χ4v) is 3.50. The lowest BCUT2D eigenvalue weighted by Crippen LogP contribution is -2.27. The van der Waals surface area contributed by atoms with Gasteiger partial charge in [0.1, 0.15) is 0 Å². The highest BCUT2D eigenvalue weighted by Gasteiger charge is 2.27. The van der Waals surface area contributed by atoms with Crippen molar-refractivity contribution in [3.63, 3.8) is 0 Å². The van der Waals surface area contributed by atoms with Crippen molar-refractivity contribution in [1.82, 2.24) is 10.0 Å². The van der Waals surface area contributed by atoms with Crippen molar-refractivity contribution in [1.29, 1.82) is 0 Å². The summed E-state index contributed by atoms with van der Waals surface area (Å²) in [6.45, 7) is -0.133. The van der Waals surface area contributed by atoms with Gasteiger partial charge in [0.25, 0.3) is 0 Å². The number of sulfonamides is 1. The Hall–Kier alpha value is -0.640. The van der Waals surface area contributed by atoms with Crippen LogP contribution in [0.4, 0.5) is 13.2 Å². The highest BCUT2D eigenvalue weighted by Crippen LogP contribution is 2.21. The molecule has 0 saturated heterocycles. The fourth-order valence-electron chi connectivity index (χ4n) is 1.18. The Labute approximate surface area is 107 Å². The number of rotatable bonds is 6. The maximum atomic E-state index is 11.9. The van der Waals surface area contributed by atoms with E-state index in [1.54, 1.807) is 7.05 Å². The van der Waals surface area contributed by atoms with Crippen LogP contribution in [0, 0.1) is 0 Å². The maximum absolute atomic E-state index is 11.9. The summed E-state index contributed by atoms with van der Waals surface area (Å²) in [6.07, 6.45) is -5.55. The van der Waals surface area contributed by atoms with Gasteiger partial charge in [-0.2, -0.15) is 13.2 Å². The summed E-state index contributed by atoms with van der Waals surface area (Å²) >= 11 is 1.24. The second-order valence-corrected chi connectivity index (χ2v) is 6.30. The Morgan fingerprint density at radius 3 is 2.61 bits per heavy atom. The Bertz CT molecular complexity index is 482. The molecule has 104 valence electrons. The van der Waals surface area contributed by atoms with Crippen LogP contribution in [0.2, 0.25) is 0 Å². The predicted molar refractivity (Wildman–Crippen MR) is 62.9 cm³/mol. The fraction of sp³-hybridized carbons (Fsp3) is 0.556. The first-order valence-corrected chi connectivity index (χ1v) is 7.39. The Balaban J connectivity index is 2.62. The third-order valence-electron chi connectivity index (χ3n) is 1.99. The summed E-state index contributed by atoms with van der Waals surface area (Å²) in [4.78, 5) is 0.800. The summed E-state index contributed by atoms with van der Waals surface area (Å²) in [5.41, 5.74) is 0. The van der Waals surface area contributed by atoms with Gasteiger partial charge >= 0.3 is 6.18 Å². The molecule has 0 aromatic carbocycles. The van der Waals surface area contributed by atoms with Gasteiger partial charge in [0.2, 0.25) is 10.0 Å². The minimum Gasteiger partial charge on any atom is -0.315 e. The zero-order chi connectivity index (χ0) is 13.8. The molecule has 0 aliphatic heterocycles. The van der Waals surface area contributed by atoms with Gasteiger partial charge in [-0.15, -0.1) is 11.3 Å². The molecule has 2 N–H and O–H groups in total. The van der Waals surface area contributed by atoms with Gasteiger partial charge in [0, 0.05) is 23.3 Å². The number of hydrogen-bond acceptors (Lipinski definition) is 4. The smallest absolute Gasteiger partial charge is 0.315 e. The Kier molecular flexibility index (Phi) is 5.14. The van der Waals surface area contributed by atoms with E-state index in [9.17, 15) is 21.6 Å². The first kappa shape index (κ1) is 15.4. The monoisotopic (exact) mass is 302 g/mol. The van der Waals surface area contributed by atoms with Gasteiger partial charge in [0.15, 0.2) is 0 Å². The molecule has 0 fully saturated rings. The van der Waals surface area contributed by atoms with Crippen molar-refractivity contribution in [2.75, 3.05) is 13.6 Å². The van der Waals surface area contributed by atoms with E-state index in [-0.39, 0.29) is 4.90 Å². The first-order valence-electron chi connectivity index (χ1n) is 5.03. The molecule has 0 saturated carbocycles. The molecular weight excluding hydrogens is 289 g/mol. The lowest BCUT2D eigenvalue weighted by molar-refractivity contribution is -0.132. The van der Waals surface area contributed by atoms with E-state index in [1.807, 2.05) is 4.72 Å². The predicted octanol–water partition coefficient (Wildman–Crippen LogP) is 1.70. The van der Waals surface area contributed by atoms with Crippen LogP contribution < -0.4 is 10.0 Å². The molecule has 0 unspecified atom stereocenters.